The summed E-state index contributed by atoms with van der Waals surface area (Å²) >= 11 is 3.13. The van der Waals surface area contributed by atoms with E-state index in [1.807, 2.05) is 0 Å². The molecule has 0 fully saturated rings. The van der Waals surface area contributed by atoms with Gasteiger partial charge in [0.05, 0.1) is 10.6 Å². The molecule has 0 atom stereocenters. The molecule has 2 aromatic rings. The van der Waals surface area contributed by atoms with Gasteiger partial charge in [0, 0.05) is 11.0 Å². The molecule has 2 rings (SSSR count). The van der Waals surface area contributed by atoms with Crippen LogP contribution in [0.25, 0.3) is 0 Å². The van der Waals surface area contributed by atoms with E-state index in [-0.39, 0.29) is 10.6 Å². The Bertz CT molecular complexity index is 842. The molecule has 128 valence electrons. The molecule has 4 N–H and O–H groups in total. The Balaban J connectivity index is 1.84. The van der Waals surface area contributed by atoms with Crippen molar-refractivity contribution in [3.63, 3.8) is 0 Å². The maximum absolute atomic E-state index is 13.6. The van der Waals surface area contributed by atoms with Crippen LogP contribution in [0.3, 0.4) is 0 Å². The molecule has 0 heterocycles. The van der Waals surface area contributed by atoms with Gasteiger partial charge in [-0.2, -0.15) is 0 Å². The van der Waals surface area contributed by atoms with Gasteiger partial charge in [-0.15, -0.1) is 0 Å². The van der Waals surface area contributed by atoms with Crippen LogP contribution in [0.4, 0.5) is 14.9 Å². The minimum atomic E-state index is -3.71. The molecule has 9 heteroatoms. The number of carbonyl (C=O) groups is 1. The number of urea groups is 1. The molecule has 2 aromatic carbocycles. The normalized spacial score (nSPS) is 11.1. The number of rotatable bonds is 5. The fraction of sp³-hybridized carbons (Fsp3) is 0.133. The lowest BCUT2D eigenvalue weighted by atomic mass is 10.1. The maximum atomic E-state index is 13.6. The highest BCUT2D eigenvalue weighted by Gasteiger charge is 2.08. The molecule has 0 aliphatic rings. The van der Waals surface area contributed by atoms with E-state index in [1.165, 1.54) is 24.3 Å². The predicted molar refractivity (Wildman–Crippen MR) is 92.6 cm³/mol. The highest BCUT2D eigenvalue weighted by molar-refractivity contribution is 9.10. The van der Waals surface area contributed by atoms with Crippen molar-refractivity contribution in [3.8, 4) is 0 Å². The second-order valence-corrected chi connectivity index (χ2v) is 7.42. The van der Waals surface area contributed by atoms with Crippen LogP contribution in [0.5, 0.6) is 0 Å². The Labute approximate surface area is 147 Å². The average molecular weight is 416 g/mol. The Morgan fingerprint density at radius 3 is 2.42 bits per heavy atom. The molecule has 0 spiro atoms. The Hall–Kier alpha value is -1.97. The number of halogens is 2. The Morgan fingerprint density at radius 1 is 1.17 bits per heavy atom. The van der Waals surface area contributed by atoms with E-state index in [0.717, 1.165) is 5.56 Å². The fourth-order valence-corrected chi connectivity index (χ4v) is 2.77. The van der Waals surface area contributed by atoms with Crippen molar-refractivity contribution in [3.05, 3.63) is 58.3 Å². The zero-order valence-electron chi connectivity index (χ0n) is 12.4. The molecule has 0 unspecified atom stereocenters. The number of anilines is 1. The highest BCUT2D eigenvalue weighted by atomic mass is 79.9. The highest BCUT2D eigenvalue weighted by Crippen LogP contribution is 2.19. The van der Waals surface area contributed by atoms with E-state index in [9.17, 15) is 17.6 Å². The van der Waals surface area contributed by atoms with Crippen LogP contribution in [0.15, 0.2) is 51.8 Å². The van der Waals surface area contributed by atoms with Gasteiger partial charge < -0.3 is 10.6 Å². The van der Waals surface area contributed by atoms with Crippen molar-refractivity contribution >= 4 is 37.7 Å². The first kappa shape index (κ1) is 18.4. The van der Waals surface area contributed by atoms with Crippen molar-refractivity contribution in [2.45, 2.75) is 11.3 Å². The Kier molecular flexibility index (Phi) is 5.92. The molecular weight excluding hydrogens is 401 g/mol. The smallest absolute Gasteiger partial charge is 0.319 e. The third-order valence-corrected chi connectivity index (χ3v) is 4.55. The van der Waals surface area contributed by atoms with E-state index in [0.29, 0.717) is 17.4 Å². The van der Waals surface area contributed by atoms with Crippen molar-refractivity contribution in [1.82, 2.24) is 5.32 Å². The van der Waals surface area contributed by atoms with Gasteiger partial charge in [-0.25, -0.2) is 22.7 Å². The first-order chi connectivity index (χ1) is 11.3. The molecule has 0 saturated carbocycles. The van der Waals surface area contributed by atoms with Crippen molar-refractivity contribution in [2.75, 3.05) is 11.9 Å². The number of amides is 2. The molecule has 0 aliphatic heterocycles. The van der Waals surface area contributed by atoms with E-state index in [1.54, 1.807) is 18.2 Å². The second kappa shape index (κ2) is 7.73. The van der Waals surface area contributed by atoms with Gasteiger partial charge in [-0.1, -0.05) is 28.1 Å². The van der Waals surface area contributed by atoms with Gasteiger partial charge in [0.15, 0.2) is 0 Å². The minimum Gasteiger partial charge on any atom is -0.338 e. The predicted octanol–water partition coefficient (Wildman–Crippen LogP) is 2.60. The number of nitrogens with two attached hydrogens (primary N) is 1. The third-order valence-electron chi connectivity index (χ3n) is 3.13. The molecule has 0 saturated heterocycles. The van der Waals surface area contributed by atoms with E-state index in [2.05, 4.69) is 26.6 Å². The first-order valence-electron chi connectivity index (χ1n) is 6.87. The molecule has 0 bridgehead atoms. The van der Waals surface area contributed by atoms with Crippen LogP contribution in [0.1, 0.15) is 5.56 Å². The molecule has 0 aromatic heterocycles. The number of sulfonamides is 1. The number of hydrogen-bond donors (Lipinski definition) is 3. The standard InChI is InChI=1S/C15H15BrFN3O3S/c16-11-3-6-14(13(17)9-11)20-15(21)19-8-7-10-1-4-12(5-2-10)24(18,22)23/h1-6,9H,7-8H2,(H2,18,22,23)(H2,19,20,21). The average Bonchev–Trinajstić information content (AvgIpc) is 2.50. The maximum Gasteiger partial charge on any atom is 0.319 e. The van der Waals surface area contributed by atoms with Crippen molar-refractivity contribution in [1.29, 1.82) is 0 Å². The fourth-order valence-electron chi connectivity index (χ4n) is 1.92. The number of nitrogens with one attached hydrogen (secondary N) is 2. The summed E-state index contributed by atoms with van der Waals surface area (Å²) in [7, 11) is -3.71. The topological polar surface area (TPSA) is 101 Å². The van der Waals surface area contributed by atoms with Crippen LogP contribution in [-0.4, -0.2) is 21.0 Å². The van der Waals surface area contributed by atoms with Crippen molar-refractivity contribution in [2.24, 2.45) is 5.14 Å². The molecule has 2 amide bonds. The number of hydrogen-bond acceptors (Lipinski definition) is 3. The van der Waals surface area contributed by atoms with Crippen LogP contribution in [0.2, 0.25) is 0 Å². The monoisotopic (exact) mass is 415 g/mol. The van der Waals surface area contributed by atoms with Crippen molar-refractivity contribution < 1.29 is 17.6 Å². The van der Waals surface area contributed by atoms with Gasteiger partial charge in [0.1, 0.15) is 5.82 Å². The van der Waals surface area contributed by atoms with Crippen LogP contribution in [0, 0.1) is 5.82 Å². The summed E-state index contributed by atoms with van der Waals surface area (Å²) < 4.78 is 36.5. The van der Waals surface area contributed by atoms with Crippen LogP contribution in [-0.2, 0) is 16.4 Å². The summed E-state index contributed by atoms with van der Waals surface area (Å²) in [5, 5.41) is 10.0. The summed E-state index contributed by atoms with van der Waals surface area (Å²) in [4.78, 5) is 11.8. The zero-order chi connectivity index (χ0) is 17.7. The quantitative estimate of drug-likeness (QED) is 0.699. The Morgan fingerprint density at radius 2 is 1.83 bits per heavy atom. The summed E-state index contributed by atoms with van der Waals surface area (Å²) in [5.41, 5.74) is 0.908. The van der Waals surface area contributed by atoms with E-state index in [4.69, 9.17) is 5.14 Å². The SMILES string of the molecule is NS(=O)(=O)c1ccc(CCNC(=O)Nc2ccc(Br)cc2F)cc1. The number of carbonyl (C=O) groups excluding carboxylic acids is 1. The van der Waals surface area contributed by atoms with Gasteiger partial charge in [-0.05, 0) is 42.3 Å². The zero-order valence-corrected chi connectivity index (χ0v) is 14.8. The second-order valence-electron chi connectivity index (χ2n) is 4.94. The van der Waals surface area contributed by atoms with E-state index < -0.39 is 21.9 Å². The molecule has 24 heavy (non-hydrogen) atoms. The lowest BCUT2D eigenvalue weighted by Crippen LogP contribution is -2.30. The van der Waals surface area contributed by atoms with Gasteiger partial charge in [0.25, 0.3) is 0 Å². The number of primary sulfonamides is 1. The van der Waals surface area contributed by atoms with Crippen LogP contribution < -0.4 is 15.8 Å². The lowest BCUT2D eigenvalue weighted by Gasteiger charge is -2.09. The lowest BCUT2D eigenvalue weighted by molar-refractivity contribution is 0.252. The van der Waals surface area contributed by atoms with E-state index >= 15 is 0 Å². The summed E-state index contributed by atoms with van der Waals surface area (Å²) in [6.45, 7) is 0.304. The van der Waals surface area contributed by atoms with Crippen LogP contribution >= 0.6 is 15.9 Å². The minimum absolute atomic E-state index is 0.0302. The largest absolute Gasteiger partial charge is 0.338 e. The first-order valence-corrected chi connectivity index (χ1v) is 9.21. The molecular formula is C15H15BrFN3O3S. The summed E-state index contributed by atoms with van der Waals surface area (Å²) in [6.07, 6.45) is 0.487. The molecule has 6 nitrogen and oxygen atoms in total. The number of benzene rings is 2. The summed E-state index contributed by atoms with van der Waals surface area (Å²) in [5.74, 6) is -0.543. The molecule has 0 radical (unpaired) electrons. The van der Waals surface area contributed by atoms with Gasteiger partial charge in [-0.3, -0.25) is 0 Å². The summed E-state index contributed by atoms with van der Waals surface area (Å²) in [6, 6.07) is 9.84. The molecule has 0 aliphatic carbocycles. The van der Waals surface area contributed by atoms with Gasteiger partial charge >= 0.3 is 6.03 Å². The third kappa shape index (κ3) is 5.29. The van der Waals surface area contributed by atoms with Gasteiger partial charge in [0.2, 0.25) is 10.0 Å².